The highest BCUT2D eigenvalue weighted by molar-refractivity contribution is 5.95. The second kappa shape index (κ2) is 8.15. The highest BCUT2D eigenvalue weighted by Gasteiger charge is 2.28. The molecule has 9 heteroatoms. The molecule has 2 aromatic heterocycles. The van der Waals surface area contributed by atoms with Crippen molar-refractivity contribution in [3.63, 3.8) is 0 Å². The number of aromatic nitrogens is 4. The molecule has 0 bridgehead atoms. The molecule has 7 nitrogen and oxygen atoms in total. The second-order valence-electron chi connectivity index (χ2n) is 5.39. The van der Waals surface area contributed by atoms with Crippen molar-refractivity contribution in [2.45, 2.75) is 12.5 Å². The predicted molar refractivity (Wildman–Crippen MR) is 99.7 cm³/mol. The van der Waals surface area contributed by atoms with Crippen molar-refractivity contribution in [1.29, 1.82) is 0 Å². The summed E-state index contributed by atoms with van der Waals surface area (Å²) in [6.07, 6.45) is 6.07. The number of hydrogen-bond donors (Lipinski definition) is 3. The molecule has 132 valence electrons. The Balaban J connectivity index is 0.00000113. The van der Waals surface area contributed by atoms with Crippen molar-refractivity contribution in [3.05, 3.63) is 60.4 Å². The summed E-state index contributed by atoms with van der Waals surface area (Å²) in [6.45, 7) is 0.751. The number of anilines is 1. The van der Waals surface area contributed by atoms with Gasteiger partial charge >= 0.3 is 0 Å². The first-order valence-corrected chi connectivity index (χ1v) is 7.48. The number of imidazole rings is 1. The third kappa shape index (κ3) is 3.84. The molecule has 1 aliphatic rings. The van der Waals surface area contributed by atoms with Crippen molar-refractivity contribution in [2.24, 2.45) is 0 Å². The fourth-order valence-electron chi connectivity index (χ4n) is 2.80. The second-order valence-corrected chi connectivity index (χ2v) is 5.39. The number of H-pyrrole nitrogens is 1. The van der Waals surface area contributed by atoms with Gasteiger partial charge in [0.15, 0.2) is 0 Å². The quantitative estimate of drug-likeness (QED) is 0.650. The van der Waals surface area contributed by atoms with E-state index in [1.165, 1.54) is 0 Å². The molecule has 1 unspecified atom stereocenters. The molecule has 0 saturated carbocycles. The maximum Gasteiger partial charge on any atom is 0.247 e. The number of amides is 1. The highest BCUT2D eigenvalue weighted by Crippen LogP contribution is 2.21. The molecule has 3 heterocycles. The van der Waals surface area contributed by atoms with Crippen LogP contribution in [0.1, 0.15) is 17.4 Å². The van der Waals surface area contributed by atoms with Crippen molar-refractivity contribution < 1.29 is 4.79 Å². The minimum atomic E-state index is -0.432. The first kappa shape index (κ1) is 19.0. The molecule has 0 spiro atoms. The third-order valence-electron chi connectivity index (χ3n) is 3.89. The molecule has 1 aliphatic heterocycles. The van der Waals surface area contributed by atoms with Crippen molar-refractivity contribution in [2.75, 3.05) is 11.9 Å². The van der Waals surface area contributed by atoms with Crippen LogP contribution in [-0.4, -0.2) is 32.2 Å². The molecule has 0 radical (unpaired) electrons. The predicted octanol–water partition coefficient (Wildman–Crippen LogP) is 2.26. The minimum Gasteiger partial charge on any atom is -0.348 e. The third-order valence-corrected chi connectivity index (χ3v) is 3.89. The molecule has 3 N–H and O–H groups in total. The summed E-state index contributed by atoms with van der Waals surface area (Å²) in [6, 6.07) is 9.00. The molecule has 0 fully saturated rings. The maximum absolute atomic E-state index is 12.6. The van der Waals surface area contributed by atoms with E-state index in [9.17, 15) is 4.79 Å². The van der Waals surface area contributed by atoms with Crippen LogP contribution in [0, 0.1) is 0 Å². The van der Waals surface area contributed by atoms with Crippen molar-refractivity contribution >= 4 is 36.4 Å². The number of benzene rings is 1. The minimum absolute atomic E-state index is 0. The molecule has 1 aromatic carbocycles. The Kier molecular flexibility index (Phi) is 6.19. The Morgan fingerprint density at radius 2 is 2.16 bits per heavy atom. The summed E-state index contributed by atoms with van der Waals surface area (Å²) >= 11 is 0. The molecule has 25 heavy (non-hydrogen) atoms. The summed E-state index contributed by atoms with van der Waals surface area (Å²) in [4.78, 5) is 19.9. The molecule has 1 atom stereocenters. The number of nitrogens with zero attached hydrogens (tertiary/aromatic N) is 3. The standard InChI is InChI=1S/C16H16N6O.2ClH/c23-16(15-14-13(5-7-17-15)18-10-19-14)21-11-3-1-4-12(9-11)22-8-2-6-20-22;;/h1-4,6,8-10,15,17H,5,7H2,(H,18,19)(H,21,23);2*1H. The summed E-state index contributed by atoms with van der Waals surface area (Å²) in [5, 5.41) is 10.4. The average molecular weight is 381 g/mol. The zero-order chi connectivity index (χ0) is 15.6. The van der Waals surface area contributed by atoms with E-state index in [0.717, 1.165) is 35.7 Å². The fraction of sp³-hybridized carbons (Fsp3) is 0.188. The number of nitrogens with one attached hydrogen (secondary N) is 3. The van der Waals surface area contributed by atoms with Crippen LogP contribution < -0.4 is 10.6 Å². The van der Waals surface area contributed by atoms with Crippen molar-refractivity contribution in [1.82, 2.24) is 25.1 Å². The van der Waals surface area contributed by atoms with Crippen molar-refractivity contribution in [3.8, 4) is 5.69 Å². The van der Waals surface area contributed by atoms with Gasteiger partial charge in [-0.05, 0) is 24.3 Å². The zero-order valence-electron chi connectivity index (χ0n) is 13.2. The van der Waals surface area contributed by atoms with Crippen LogP contribution in [0.5, 0.6) is 0 Å². The van der Waals surface area contributed by atoms with Crippen LogP contribution in [0.15, 0.2) is 49.1 Å². The number of rotatable bonds is 3. The van der Waals surface area contributed by atoms with Gasteiger partial charge in [0.1, 0.15) is 6.04 Å². The van der Waals surface area contributed by atoms with Gasteiger partial charge in [-0.3, -0.25) is 4.79 Å². The molecule has 4 rings (SSSR count). The maximum atomic E-state index is 12.6. The van der Waals surface area contributed by atoms with E-state index in [1.54, 1.807) is 17.2 Å². The van der Waals surface area contributed by atoms with E-state index >= 15 is 0 Å². The number of fused-ring (bicyclic) bond motifs is 1. The Hall–Kier alpha value is -2.35. The molecule has 1 amide bonds. The Bertz CT molecular complexity index is 833. The first-order chi connectivity index (χ1) is 11.3. The lowest BCUT2D eigenvalue weighted by Crippen LogP contribution is -2.38. The van der Waals surface area contributed by atoms with Gasteiger partial charge in [0, 0.05) is 36.7 Å². The fourth-order valence-corrected chi connectivity index (χ4v) is 2.80. The highest BCUT2D eigenvalue weighted by atomic mass is 35.5. The largest absolute Gasteiger partial charge is 0.348 e. The molecular formula is C16H18Cl2N6O. The number of carbonyl (C=O) groups excluding carboxylic acids is 1. The molecular weight excluding hydrogens is 363 g/mol. The zero-order valence-corrected chi connectivity index (χ0v) is 14.8. The van der Waals surface area contributed by atoms with Gasteiger partial charge in [0.2, 0.25) is 5.91 Å². The lowest BCUT2D eigenvalue weighted by molar-refractivity contribution is -0.118. The Morgan fingerprint density at radius 3 is 2.96 bits per heavy atom. The number of halogens is 2. The first-order valence-electron chi connectivity index (χ1n) is 7.48. The Labute approximate surface area is 157 Å². The van der Waals surface area contributed by atoms with Gasteiger partial charge in [0.05, 0.1) is 17.7 Å². The summed E-state index contributed by atoms with van der Waals surface area (Å²) < 4.78 is 1.75. The van der Waals surface area contributed by atoms with Gasteiger partial charge in [0.25, 0.3) is 0 Å². The topological polar surface area (TPSA) is 87.6 Å². The van der Waals surface area contributed by atoms with Crippen LogP contribution in [-0.2, 0) is 11.2 Å². The number of hydrogen-bond acceptors (Lipinski definition) is 4. The van der Waals surface area contributed by atoms with Gasteiger partial charge < -0.3 is 15.6 Å². The van der Waals surface area contributed by atoms with E-state index in [2.05, 4.69) is 25.7 Å². The summed E-state index contributed by atoms with van der Waals surface area (Å²) in [5.41, 5.74) is 3.42. The van der Waals surface area contributed by atoms with E-state index in [4.69, 9.17) is 0 Å². The molecule has 0 saturated heterocycles. The molecule has 0 aliphatic carbocycles. The smallest absolute Gasteiger partial charge is 0.247 e. The van der Waals surface area contributed by atoms with E-state index < -0.39 is 6.04 Å². The van der Waals surface area contributed by atoms with Crippen LogP contribution in [0.25, 0.3) is 5.69 Å². The average Bonchev–Trinajstić information content (AvgIpc) is 3.26. The van der Waals surface area contributed by atoms with Gasteiger partial charge in [-0.1, -0.05) is 6.07 Å². The summed E-state index contributed by atoms with van der Waals surface area (Å²) in [5.74, 6) is -0.115. The number of carbonyl (C=O) groups is 1. The normalized spacial score (nSPS) is 15.4. The lowest BCUT2D eigenvalue weighted by atomic mass is 10.0. The number of aromatic amines is 1. The van der Waals surface area contributed by atoms with Crippen LogP contribution in [0.2, 0.25) is 0 Å². The van der Waals surface area contributed by atoms with Gasteiger partial charge in [-0.2, -0.15) is 5.10 Å². The van der Waals surface area contributed by atoms with E-state index in [1.807, 2.05) is 36.5 Å². The van der Waals surface area contributed by atoms with Gasteiger partial charge in [-0.25, -0.2) is 9.67 Å². The molecule has 3 aromatic rings. The Morgan fingerprint density at radius 1 is 1.28 bits per heavy atom. The monoisotopic (exact) mass is 380 g/mol. The SMILES string of the molecule is Cl.Cl.O=C(Nc1cccc(-n2cccn2)c1)C1NCCc2[nH]cnc21. The van der Waals surface area contributed by atoms with Gasteiger partial charge in [-0.15, -0.1) is 24.8 Å². The lowest BCUT2D eigenvalue weighted by Gasteiger charge is -2.22. The van der Waals surface area contributed by atoms with E-state index in [-0.39, 0.29) is 30.7 Å². The van der Waals surface area contributed by atoms with Crippen LogP contribution in [0.3, 0.4) is 0 Å². The van der Waals surface area contributed by atoms with Crippen LogP contribution in [0.4, 0.5) is 5.69 Å². The van der Waals surface area contributed by atoms with Crippen LogP contribution >= 0.6 is 24.8 Å². The van der Waals surface area contributed by atoms with E-state index in [0.29, 0.717) is 0 Å². The summed E-state index contributed by atoms with van der Waals surface area (Å²) in [7, 11) is 0.